The van der Waals surface area contributed by atoms with Crippen molar-refractivity contribution in [2.45, 2.75) is 27.1 Å². The Morgan fingerprint density at radius 1 is 1.24 bits per heavy atom. The third-order valence-electron chi connectivity index (χ3n) is 1.70. The molecule has 1 aromatic heterocycles. The molecule has 2 rings (SSSR count). The average molecular weight is 263 g/mol. The van der Waals surface area contributed by atoms with E-state index >= 15 is 0 Å². The Balaban J connectivity index is 0.000000686. The lowest BCUT2D eigenvalue weighted by Crippen LogP contribution is -2.16. The van der Waals surface area contributed by atoms with Crippen LogP contribution in [0.5, 0.6) is 5.75 Å². The summed E-state index contributed by atoms with van der Waals surface area (Å²) in [6.07, 6.45) is -4.65. The van der Waals surface area contributed by atoms with Crippen molar-refractivity contribution in [3.8, 4) is 5.75 Å². The molecule has 0 radical (unpaired) electrons. The summed E-state index contributed by atoms with van der Waals surface area (Å²) in [5, 5.41) is 0.814. The van der Waals surface area contributed by atoms with Crippen LogP contribution in [0.1, 0.15) is 18.9 Å². The van der Waals surface area contributed by atoms with Gasteiger partial charge in [-0.05, 0) is 25.1 Å². The minimum absolute atomic E-state index is 0.210. The van der Waals surface area contributed by atoms with Crippen molar-refractivity contribution >= 4 is 21.6 Å². The first-order valence-electron chi connectivity index (χ1n) is 5.07. The molecular weight excluding hydrogens is 251 g/mol. The smallest absolute Gasteiger partial charge is 0.406 e. The van der Waals surface area contributed by atoms with Gasteiger partial charge in [-0.2, -0.15) is 0 Å². The Labute approximate surface area is 101 Å². The monoisotopic (exact) mass is 263 g/mol. The van der Waals surface area contributed by atoms with Gasteiger partial charge in [0.05, 0.1) is 15.2 Å². The van der Waals surface area contributed by atoms with Crippen molar-refractivity contribution in [1.82, 2.24) is 4.98 Å². The number of ether oxygens (including phenoxy) is 1. The average Bonchev–Trinajstić information content (AvgIpc) is 2.58. The van der Waals surface area contributed by atoms with Crippen molar-refractivity contribution in [3.63, 3.8) is 0 Å². The fourth-order valence-electron chi connectivity index (χ4n) is 1.22. The Morgan fingerprint density at radius 3 is 2.47 bits per heavy atom. The maximum Gasteiger partial charge on any atom is 0.573 e. The van der Waals surface area contributed by atoms with Gasteiger partial charge in [-0.1, -0.05) is 13.8 Å². The highest BCUT2D eigenvalue weighted by atomic mass is 32.1. The number of hydrogen-bond donors (Lipinski definition) is 0. The third-order valence-corrected chi connectivity index (χ3v) is 2.63. The normalized spacial score (nSPS) is 10.9. The molecule has 2 aromatic rings. The highest BCUT2D eigenvalue weighted by molar-refractivity contribution is 7.18. The second-order valence-electron chi connectivity index (χ2n) is 2.91. The number of alkyl halides is 3. The molecule has 0 N–H and O–H groups in total. The number of halogens is 3. The van der Waals surface area contributed by atoms with Crippen molar-refractivity contribution in [3.05, 3.63) is 23.2 Å². The van der Waals surface area contributed by atoms with Crippen LogP contribution in [-0.4, -0.2) is 11.3 Å². The number of thiazole rings is 1. The first-order chi connectivity index (χ1) is 7.94. The van der Waals surface area contributed by atoms with Crippen molar-refractivity contribution in [2.24, 2.45) is 0 Å². The molecule has 0 bridgehead atoms. The van der Waals surface area contributed by atoms with E-state index in [0.717, 1.165) is 5.01 Å². The van der Waals surface area contributed by atoms with Crippen LogP contribution in [0.2, 0.25) is 0 Å². The zero-order valence-corrected chi connectivity index (χ0v) is 10.4. The number of rotatable bonds is 1. The van der Waals surface area contributed by atoms with E-state index in [9.17, 15) is 13.2 Å². The molecule has 1 heterocycles. The van der Waals surface area contributed by atoms with Gasteiger partial charge in [0.15, 0.2) is 0 Å². The summed E-state index contributed by atoms with van der Waals surface area (Å²) in [4.78, 5) is 4.13. The van der Waals surface area contributed by atoms with E-state index < -0.39 is 6.36 Å². The van der Waals surface area contributed by atoms with Crippen LogP contribution in [-0.2, 0) is 0 Å². The summed E-state index contributed by atoms with van der Waals surface area (Å²) in [5.74, 6) is -0.210. The fraction of sp³-hybridized carbons (Fsp3) is 0.364. The second kappa shape index (κ2) is 5.35. The van der Waals surface area contributed by atoms with Gasteiger partial charge in [-0.25, -0.2) is 4.98 Å². The summed E-state index contributed by atoms with van der Waals surface area (Å²) in [7, 11) is 0. The summed E-state index contributed by atoms with van der Waals surface area (Å²) in [6, 6.07) is 4.11. The molecule has 0 aliphatic heterocycles. The molecule has 94 valence electrons. The predicted octanol–water partition coefficient (Wildman–Crippen LogP) is 4.53. The topological polar surface area (TPSA) is 22.1 Å². The minimum atomic E-state index is -4.65. The lowest BCUT2D eigenvalue weighted by atomic mass is 10.3. The van der Waals surface area contributed by atoms with E-state index in [4.69, 9.17) is 0 Å². The minimum Gasteiger partial charge on any atom is -0.406 e. The number of hydrogen-bond acceptors (Lipinski definition) is 3. The molecule has 6 heteroatoms. The summed E-state index contributed by atoms with van der Waals surface area (Å²) in [6.45, 7) is 5.80. The summed E-state index contributed by atoms with van der Waals surface area (Å²) < 4.78 is 40.2. The van der Waals surface area contributed by atoms with Gasteiger partial charge < -0.3 is 4.74 Å². The number of benzene rings is 1. The zero-order chi connectivity index (χ0) is 13.1. The molecule has 2 nitrogen and oxygen atoms in total. The summed E-state index contributed by atoms with van der Waals surface area (Å²) in [5.41, 5.74) is 0.687. The van der Waals surface area contributed by atoms with E-state index in [1.807, 2.05) is 13.8 Å². The first kappa shape index (κ1) is 13.8. The van der Waals surface area contributed by atoms with Crippen LogP contribution in [0.3, 0.4) is 0 Å². The van der Waals surface area contributed by atoms with Gasteiger partial charge in [-0.15, -0.1) is 24.5 Å². The van der Waals surface area contributed by atoms with Gasteiger partial charge in [0, 0.05) is 0 Å². The second-order valence-corrected chi connectivity index (χ2v) is 4.14. The maximum atomic E-state index is 11.9. The van der Waals surface area contributed by atoms with Crippen LogP contribution < -0.4 is 4.74 Å². The predicted molar refractivity (Wildman–Crippen MR) is 62.4 cm³/mol. The van der Waals surface area contributed by atoms with Crippen LogP contribution in [0.15, 0.2) is 18.2 Å². The number of aromatic nitrogens is 1. The van der Waals surface area contributed by atoms with Gasteiger partial charge in [0.25, 0.3) is 0 Å². The van der Waals surface area contributed by atoms with E-state index in [1.165, 1.54) is 29.5 Å². The zero-order valence-electron chi connectivity index (χ0n) is 9.63. The van der Waals surface area contributed by atoms with E-state index in [0.29, 0.717) is 10.2 Å². The molecule has 0 spiro atoms. The lowest BCUT2D eigenvalue weighted by molar-refractivity contribution is -0.274. The molecular formula is C11H12F3NOS. The van der Waals surface area contributed by atoms with Crippen LogP contribution in [0.25, 0.3) is 10.2 Å². The molecule has 0 amide bonds. The van der Waals surface area contributed by atoms with E-state index in [2.05, 4.69) is 9.72 Å². The Morgan fingerprint density at radius 2 is 1.88 bits per heavy atom. The Hall–Kier alpha value is -1.30. The molecule has 0 atom stereocenters. The van der Waals surface area contributed by atoms with Gasteiger partial charge in [0.1, 0.15) is 5.75 Å². The SMILES string of the molecule is CC.Cc1nc2ccc(OC(F)(F)F)cc2s1. The highest BCUT2D eigenvalue weighted by Crippen LogP contribution is 2.29. The van der Waals surface area contributed by atoms with Crippen LogP contribution in [0, 0.1) is 6.92 Å². The van der Waals surface area contributed by atoms with Gasteiger partial charge in [0.2, 0.25) is 0 Å². The molecule has 0 aliphatic carbocycles. The molecule has 17 heavy (non-hydrogen) atoms. The van der Waals surface area contributed by atoms with Crippen molar-refractivity contribution in [2.75, 3.05) is 0 Å². The van der Waals surface area contributed by atoms with Crippen molar-refractivity contribution in [1.29, 1.82) is 0 Å². The molecule has 0 unspecified atom stereocenters. The molecule has 0 fully saturated rings. The number of nitrogens with zero attached hydrogens (tertiary/aromatic N) is 1. The quantitative estimate of drug-likeness (QED) is 0.754. The fourth-order valence-corrected chi connectivity index (χ4v) is 2.07. The highest BCUT2D eigenvalue weighted by Gasteiger charge is 2.31. The third kappa shape index (κ3) is 3.89. The number of aryl methyl sites for hydroxylation is 1. The molecule has 0 saturated heterocycles. The van der Waals surface area contributed by atoms with E-state index in [1.54, 1.807) is 6.92 Å². The molecule has 0 aliphatic rings. The first-order valence-corrected chi connectivity index (χ1v) is 5.89. The number of fused-ring (bicyclic) bond motifs is 1. The maximum absolute atomic E-state index is 11.9. The van der Waals surface area contributed by atoms with Gasteiger partial charge >= 0.3 is 6.36 Å². The summed E-state index contributed by atoms with van der Waals surface area (Å²) >= 11 is 1.33. The molecule has 0 saturated carbocycles. The van der Waals surface area contributed by atoms with Crippen LogP contribution >= 0.6 is 11.3 Å². The largest absolute Gasteiger partial charge is 0.573 e. The molecule has 1 aromatic carbocycles. The van der Waals surface area contributed by atoms with Gasteiger partial charge in [-0.3, -0.25) is 0 Å². The standard InChI is InChI=1S/C9H6F3NOS.C2H6/c1-5-13-7-3-2-6(4-8(7)15-5)14-9(10,11)12;1-2/h2-4H,1H3;1-2H3. The Bertz CT molecular complexity index is 493. The lowest BCUT2D eigenvalue weighted by Gasteiger charge is -2.07. The van der Waals surface area contributed by atoms with E-state index in [-0.39, 0.29) is 5.75 Å². The Kier molecular flexibility index (Phi) is 4.34. The van der Waals surface area contributed by atoms with Crippen LogP contribution in [0.4, 0.5) is 13.2 Å². The van der Waals surface area contributed by atoms with Crippen molar-refractivity contribution < 1.29 is 17.9 Å².